The number of likely N-dealkylation sites (tertiary alicyclic amines) is 1. The summed E-state index contributed by atoms with van der Waals surface area (Å²) in [4.78, 5) is 24.9. The fourth-order valence-corrected chi connectivity index (χ4v) is 3.02. The predicted molar refractivity (Wildman–Crippen MR) is 69.8 cm³/mol. The van der Waals surface area contributed by atoms with E-state index in [1.165, 1.54) is 24.5 Å². The van der Waals surface area contributed by atoms with Gasteiger partial charge in [0.15, 0.2) is 0 Å². The third kappa shape index (κ3) is 2.81. The number of amides is 1. The van der Waals surface area contributed by atoms with E-state index in [-0.39, 0.29) is 17.0 Å². The lowest BCUT2D eigenvalue weighted by Crippen LogP contribution is -2.37. The Bertz CT molecular complexity index is 500. The monoisotopic (exact) mass is 281 g/mol. The van der Waals surface area contributed by atoms with Gasteiger partial charge in [-0.2, -0.15) is 0 Å². The summed E-state index contributed by atoms with van der Waals surface area (Å²) in [5.41, 5.74) is 0. The summed E-state index contributed by atoms with van der Waals surface area (Å²) < 4.78 is 4.60. The van der Waals surface area contributed by atoms with Gasteiger partial charge in [0.05, 0.1) is 13.2 Å². The average molecular weight is 281 g/mol. The molecule has 2 heterocycles. The van der Waals surface area contributed by atoms with Crippen LogP contribution in [-0.2, 0) is 9.53 Å². The van der Waals surface area contributed by atoms with Crippen molar-refractivity contribution in [1.29, 1.82) is 0 Å². The van der Waals surface area contributed by atoms with E-state index in [0.717, 1.165) is 19.3 Å². The maximum atomic E-state index is 11.8. The number of aromatic nitrogens is 2. The van der Waals surface area contributed by atoms with Crippen molar-refractivity contribution in [2.45, 2.75) is 25.3 Å². The van der Waals surface area contributed by atoms with E-state index in [2.05, 4.69) is 21.5 Å². The van der Waals surface area contributed by atoms with Gasteiger partial charge in [0.25, 0.3) is 0 Å². The number of hydrogen-bond donors (Lipinski definition) is 0. The third-order valence-corrected chi connectivity index (χ3v) is 4.05. The van der Waals surface area contributed by atoms with Gasteiger partial charge in [-0.25, -0.2) is 4.79 Å². The van der Waals surface area contributed by atoms with Crippen LogP contribution in [0, 0.1) is 0 Å². The van der Waals surface area contributed by atoms with Crippen LogP contribution in [0.15, 0.2) is 12.7 Å². The molecule has 1 aliphatic heterocycles. The molecule has 1 aliphatic rings. The average Bonchev–Trinajstić information content (AvgIpc) is 2.95. The van der Waals surface area contributed by atoms with Gasteiger partial charge in [0.2, 0.25) is 10.9 Å². The second kappa shape index (κ2) is 5.92. The molecule has 2 rings (SSSR count). The molecule has 1 amide bonds. The number of esters is 1. The summed E-state index contributed by atoms with van der Waals surface area (Å²) in [6.07, 6.45) is 4.13. The molecule has 19 heavy (non-hydrogen) atoms. The van der Waals surface area contributed by atoms with Crippen molar-refractivity contribution in [3.63, 3.8) is 0 Å². The van der Waals surface area contributed by atoms with Gasteiger partial charge >= 0.3 is 5.97 Å². The molecule has 7 heteroatoms. The summed E-state index contributed by atoms with van der Waals surface area (Å²) >= 11 is 1.18. The zero-order chi connectivity index (χ0) is 13.8. The normalized spacial score (nSPS) is 19.0. The summed E-state index contributed by atoms with van der Waals surface area (Å²) in [5.74, 6) is -0.610. The first-order chi connectivity index (χ1) is 9.17. The van der Waals surface area contributed by atoms with Gasteiger partial charge in [-0.05, 0) is 25.3 Å². The van der Waals surface area contributed by atoms with Gasteiger partial charge < -0.3 is 9.64 Å². The molecule has 0 bridgehead atoms. The third-order valence-electron chi connectivity index (χ3n) is 3.05. The minimum Gasteiger partial charge on any atom is -0.464 e. The van der Waals surface area contributed by atoms with Crippen LogP contribution in [-0.4, -0.2) is 40.6 Å². The zero-order valence-electron chi connectivity index (χ0n) is 10.7. The standard InChI is InChI=1S/C12H15N3O3S/c1-3-9(16)15-7-5-4-6-8(15)10-13-14-11(19-10)12(17)18-2/h3,8H,1,4-7H2,2H3. The van der Waals surface area contributed by atoms with E-state index in [9.17, 15) is 9.59 Å². The van der Waals surface area contributed by atoms with Crippen LogP contribution >= 0.6 is 11.3 Å². The van der Waals surface area contributed by atoms with Crippen molar-refractivity contribution < 1.29 is 14.3 Å². The quantitative estimate of drug-likeness (QED) is 0.621. The summed E-state index contributed by atoms with van der Waals surface area (Å²) in [5, 5.41) is 8.72. The first-order valence-corrected chi connectivity index (χ1v) is 6.83. The van der Waals surface area contributed by atoms with Crippen LogP contribution in [0.25, 0.3) is 0 Å². The smallest absolute Gasteiger partial charge is 0.369 e. The number of piperidine rings is 1. The predicted octanol–water partition coefficient (Wildman–Crippen LogP) is 1.56. The van der Waals surface area contributed by atoms with Crippen LogP contribution in [0.3, 0.4) is 0 Å². The zero-order valence-corrected chi connectivity index (χ0v) is 11.5. The van der Waals surface area contributed by atoms with E-state index >= 15 is 0 Å². The van der Waals surface area contributed by atoms with Crippen molar-refractivity contribution in [1.82, 2.24) is 15.1 Å². The molecule has 1 saturated heterocycles. The molecule has 0 N–H and O–H groups in total. The maximum Gasteiger partial charge on any atom is 0.369 e. The van der Waals surface area contributed by atoms with E-state index in [1.807, 2.05) is 0 Å². The van der Waals surface area contributed by atoms with Gasteiger partial charge in [-0.15, -0.1) is 10.2 Å². The fraction of sp³-hybridized carbons (Fsp3) is 0.500. The van der Waals surface area contributed by atoms with E-state index in [0.29, 0.717) is 11.6 Å². The number of nitrogens with zero attached hydrogens (tertiary/aromatic N) is 3. The van der Waals surface area contributed by atoms with Crippen LogP contribution in [0.1, 0.15) is 40.1 Å². The minimum absolute atomic E-state index is 0.112. The van der Waals surface area contributed by atoms with Crippen molar-refractivity contribution in [2.24, 2.45) is 0 Å². The lowest BCUT2D eigenvalue weighted by atomic mass is 10.0. The number of carbonyl (C=O) groups is 2. The minimum atomic E-state index is -0.499. The van der Waals surface area contributed by atoms with Gasteiger partial charge in [-0.3, -0.25) is 4.79 Å². The Hall–Kier alpha value is -1.76. The van der Waals surface area contributed by atoms with Crippen molar-refractivity contribution >= 4 is 23.2 Å². The van der Waals surface area contributed by atoms with Crippen molar-refractivity contribution in [3.8, 4) is 0 Å². The van der Waals surface area contributed by atoms with E-state index in [1.54, 1.807) is 4.90 Å². The highest BCUT2D eigenvalue weighted by Crippen LogP contribution is 2.32. The van der Waals surface area contributed by atoms with E-state index in [4.69, 9.17) is 0 Å². The molecule has 0 aliphatic carbocycles. The summed E-state index contributed by atoms with van der Waals surface area (Å²) in [6.45, 7) is 4.20. The van der Waals surface area contributed by atoms with Crippen molar-refractivity contribution in [2.75, 3.05) is 13.7 Å². The number of rotatable bonds is 3. The molecule has 102 valence electrons. The Balaban J connectivity index is 2.22. The molecule has 1 fully saturated rings. The molecule has 6 nitrogen and oxygen atoms in total. The van der Waals surface area contributed by atoms with Crippen LogP contribution < -0.4 is 0 Å². The molecular weight excluding hydrogens is 266 g/mol. The Morgan fingerprint density at radius 2 is 2.26 bits per heavy atom. The molecule has 1 atom stereocenters. The van der Waals surface area contributed by atoms with Gasteiger partial charge in [0, 0.05) is 6.54 Å². The summed E-state index contributed by atoms with van der Waals surface area (Å²) in [6, 6.07) is -0.116. The Kier molecular flexibility index (Phi) is 4.26. The first-order valence-electron chi connectivity index (χ1n) is 6.02. The highest BCUT2D eigenvalue weighted by atomic mass is 32.1. The van der Waals surface area contributed by atoms with Gasteiger partial charge in [-0.1, -0.05) is 17.9 Å². The summed E-state index contributed by atoms with van der Waals surface area (Å²) in [7, 11) is 1.30. The lowest BCUT2D eigenvalue weighted by Gasteiger charge is -2.33. The van der Waals surface area contributed by atoms with E-state index < -0.39 is 5.97 Å². The number of carbonyl (C=O) groups excluding carboxylic acids is 2. The van der Waals surface area contributed by atoms with Gasteiger partial charge in [0.1, 0.15) is 5.01 Å². The molecular formula is C12H15N3O3S. The van der Waals surface area contributed by atoms with Crippen molar-refractivity contribution in [3.05, 3.63) is 22.7 Å². The number of methoxy groups -OCH3 is 1. The molecule has 0 aromatic carbocycles. The Labute approximate surface area is 115 Å². The molecule has 0 radical (unpaired) electrons. The molecule has 1 aromatic rings. The highest BCUT2D eigenvalue weighted by Gasteiger charge is 2.30. The Morgan fingerprint density at radius 3 is 2.95 bits per heavy atom. The molecule has 0 spiro atoms. The lowest BCUT2D eigenvalue weighted by molar-refractivity contribution is -0.129. The molecule has 1 unspecified atom stereocenters. The van der Waals surface area contributed by atoms with Crippen LogP contribution in [0.2, 0.25) is 0 Å². The largest absolute Gasteiger partial charge is 0.464 e. The second-order valence-corrected chi connectivity index (χ2v) is 5.19. The molecule has 1 aromatic heterocycles. The SMILES string of the molecule is C=CC(=O)N1CCCCC1c1nnc(C(=O)OC)s1. The number of hydrogen-bond acceptors (Lipinski definition) is 6. The maximum absolute atomic E-state index is 11.8. The van der Waals surface area contributed by atoms with Crippen LogP contribution in [0.5, 0.6) is 0 Å². The highest BCUT2D eigenvalue weighted by molar-refractivity contribution is 7.13. The second-order valence-electron chi connectivity index (χ2n) is 4.18. The first kappa shape index (κ1) is 13.7. The Morgan fingerprint density at radius 1 is 1.47 bits per heavy atom. The van der Waals surface area contributed by atoms with Crippen LogP contribution in [0.4, 0.5) is 0 Å². The number of ether oxygens (including phenoxy) is 1. The topological polar surface area (TPSA) is 72.4 Å². The molecule has 0 saturated carbocycles. The fourth-order valence-electron chi connectivity index (χ4n) is 2.11.